The second-order valence-corrected chi connectivity index (χ2v) is 5.87. The van der Waals surface area contributed by atoms with E-state index in [0.717, 1.165) is 24.3 Å². The van der Waals surface area contributed by atoms with E-state index in [4.69, 9.17) is 5.11 Å². The zero-order valence-electron chi connectivity index (χ0n) is 11.3. The van der Waals surface area contributed by atoms with Gasteiger partial charge in [-0.15, -0.1) is 10.2 Å². The van der Waals surface area contributed by atoms with Crippen molar-refractivity contribution in [1.82, 2.24) is 15.1 Å². The number of aryl methyl sites for hydroxylation is 1. The van der Waals surface area contributed by atoms with E-state index in [9.17, 15) is 9.59 Å². The number of hydrogen-bond donors (Lipinski definition) is 2. The number of aromatic nitrogens is 2. The highest BCUT2D eigenvalue weighted by molar-refractivity contribution is 7.15. The van der Waals surface area contributed by atoms with Gasteiger partial charge in [0.2, 0.25) is 5.13 Å². The van der Waals surface area contributed by atoms with Gasteiger partial charge in [0.05, 0.1) is 5.92 Å². The molecule has 0 saturated carbocycles. The summed E-state index contributed by atoms with van der Waals surface area (Å²) in [5, 5.41) is 20.9. The highest BCUT2D eigenvalue weighted by Gasteiger charge is 2.31. The minimum absolute atomic E-state index is 0.253. The van der Waals surface area contributed by atoms with E-state index in [1.807, 2.05) is 0 Å². The predicted octanol–water partition coefficient (Wildman–Crippen LogP) is 1.82. The van der Waals surface area contributed by atoms with Crippen LogP contribution in [0.1, 0.15) is 31.2 Å². The van der Waals surface area contributed by atoms with Crippen LogP contribution in [0.2, 0.25) is 0 Å². The number of amides is 2. The van der Waals surface area contributed by atoms with E-state index in [1.54, 1.807) is 0 Å². The number of nitrogens with one attached hydrogen (secondary N) is 1. The Hall–Kier alpha value is -1.70. The molecule has 2 heterocycles. The molecule has 20 heavy (non-hydrogen) atoms. The lowest BCUT2D eigenvalue weighted by Crippen LogP contribution is -2.33. The number of carboxylic acids is 1. The Morgan fingerprint density at radius 2 is 2.30 bits per heavy atom. The fraction of sp³-hybridized carbons (Fsp3) is 0.667. The number of unbranched alkanes of at least 4 members (excludes halogenated alkanes) is 1. The van der Waals surface area contributed by atoms with E-state index < -0.39 is 11.9 Å². The molecule has 1 aliphatic heterocycles. The van der Waals surface area contributed by atoms with E-state index in [-0.39, 0.29) is 12.6 Å². The monoisotopic (exact) mass is 298 g/mol. The van der Waals surface area contributed by atoms with Gasteiger partial charge in [-0.2, -0.15) is 0 Å². The maximum atomic E-state index is 12.0. The summed E-state index contributed by atoms with van der Waals surface area (Å²) in [6, 6.07) is -0.299. The Balaban J connectivity index is 1.85. The molecular formula is C12H18N4O3S. The molecule has 0 radical (unpaired) electrons. The molecule has 8 heteroatoms. The quantitative estimate of drug-likeness (QED) is 0.864. The number of nitrogens with zero attached hydrogens (tertiary/aromatic N) is 3. The topological polar surface area (TPSA) is 95.4 Å². The van der Waals surface area contributed by atoms with Gasteiger partial charge in [-0.1, -0.05) is 24.7 Å². The predicted molar refractivity (Wildman–Crippen MR) is 74.9 cm³/mol. The zero-order valence-corrected chi connectivity index (χ0v) is 12.2. The zero-order chi connectivity index (χ0) is 14.5. The first-order valence-electron chi connectivity index (χ1n) is 6.71. The molecule has 0 bridgehead atoms. The van der Waals surface area contributed by atoms with Crippen LogP contribution in [0.15, 0.2) is 0 Å². The first kappa shape index (κ1) is 14.7. The van der Waals surface area contributed by atoms with Gasteiger partial charge in [0.15, 0.2) is 0 Å². The van der Waals surface area contributed by atoms with Crippen molar-refractivity contribution in [3.63, 3.8) is 0 Å². The van der Waals surface area contributed by atoms with E-state index >= 15 is 0 Å². The second-order valence-electron chi connectivity index (χ2n) is 4.80. The first-order valence-corrected chi connectivity index (χ1v) is 7.53. The number of anilines is 1. The highest BCUT2D eigenvalue weighted by Crippen LogP contribution is 2.20. The molecule has 2 amide bonds. The van der Waals surface area contributed by atoms with E-state index in [1.165, 1.54) is 16.2 Å². The molecule has 0 spiro atoms. The van der Waals surface area contributed by atoms with Crippen molar-refractivity contribution in [2.24, 2.45) is 5.92 Å². The summed E-state index contributed by atoms with van der Waals surface area (Å²) in [7, 11) is 0. The number of rotatable bonds is 5. The maximum Gasteiger partial charge on any atom is 0.323 e. The van der Waals surface area contributed by atoms with Gasteiger partial charge in [0.25, 0.3) is 0 Å². The van der Waals surface area contributed by atoms with Crippen LogP contribution in [0.25, 0.3) is 0 Å². The van der Waals surface area contributed by atoms with Crippen molar-refractivity contribution >= 4 is 28.5 Å². The van der Waals surface area contributed by atoms with Gasteiger partial charge >= 0.3 is 12.0 Å². The lowest BCUT2D eigenvalue weighted by atomic mass is 10.1. The molecule has 0 aromatic carbocycles. The van der Waals surface area contributed by atoms with Crippen LogP contribution in [-0.4, -0.2) is 45.3 Å². The minimum atomic E-state index is -0.849. The first-order chi connectivity index (χ1) is 9.60. The summed E-state index contributed by atoms with van der Waals surface area (Å²) < 4.78 is 0. The largest absolute Gasteiger partial charge is 0.481 e. The van der Waals surface area contributed by atoms with Gasteiger partial charge in [-0.3, -0.25) is 10.1 Å². The van der Waals surface area contributed by atoms with Crippen LogP contribution >= 0.6 is 11.3 Å². The molecule has 7 nitrogen and oxygen atoms in total. The molecule has 110 valence electrons. The minimum Gasteiger partial charge on any atom is -0.481 e. The summed E-state index contributed by atoms with van der Waals surface area (Å²) in [5.41, 5.74) is 0. The van der Waals surface area contributed by atoms with Gasteiger partial charge in [-0.05, 0) is 12.8 Å². The molecular weight excluding hydrogens is 280 g/mol. The summed E-state index contributed by atoms with van der Waals surface area (Å²) in [5.74, 6) is -1.31. The number of likely N-dealkylation sites (tertiary alicyclic amines) is 1. The van der Waals surface area contributed by atoms with Crippen LogP contribution in [0.3, 0.4) is 0 Å². The van der Waals surface area contributed by atoms with Gasteiger partial charge in [-0.25, -0.2) is 4.79 Å². The standard InChI is InChI=1S/C12H18N4O3S/c1-2-3-4-9-14-15-11(20-9)13-12(19)16-6-5-8(7-16)10(17)18/h8H,2-7H2,1H3,(H,17,18)(H,13,15,19). The van der Waals surface area contributed by atoms with Crippen LogP contribution < -0.4 is 5.32 Å². The average molecular weight is 298 g/mol. The smallest absolute Gasteiger partial charge is 0.323 e. The van der Waals surface area contributed by atoms with Crippen LogP contribution in [0.5, 0.6) is 0 Å². The summed E-state index contributed by atoms with van der Waals surface area (Å²) in [4.78, 5) is 24.3. The fourth-order valence-corrected chi connectivity index (χ4v) is 2.82. The van der Waals surface area contributed by atoms with E-state index in [0.29, 0.717) is 18.1 Å². The number of aliphatic carboxylic acids is 1. The van der Waals surface area contributed by atoms with Crippen molar-refractivity contribution in [3.05, 3.63) is 5.01 Å². The Bertz CT molecular complexity index is 491. The summed E-state index contributed by atoms with van der Waals surface area (Å²) in [6.07, 6.45) is 3.51. The molecule has 1 unspecified atom stereocenters. The molecule has 0 aliphatic carbocycles. The van der Waals surface area contributed by atoms with Crippen molar-refractivity contribution in [1.29, 1.82) is 0 Å². The van der Waals surface area contributed by atoms with Crippen molar-refractivity contribution in [2.75, 3.05) is 18.4 Å². The number of urea groups is 1. The molecule has 2 N–H and O–H groups in total. The molecule has 1 fully saturated rings. The Morgan fingerprint density at radius 3 is 2.95 bits per heavy atom. The third-order valence-corrected chi connectivity index (χ3v) is 4.15. The van der Waals surface area contributed by atoms with Gasteiger partial charge < -0.3 is 10.0 Å². The van der Waals surface area contributed by atoms with Crippen LogP contribution in [0.4, 0.5) is 9.93 Å². The molecule has 1 atom stereocenters. The van der Waals surface area contributed by atoms with Crippen LogP contribution in [0, 0.1) is 5.92 Å². The highest BCUT2D eigenvalue weighted by atomic mass is 32.1. The number of hydrogen-bond acceptors (Lipinski definition) is 5. The Kier molecular flexibility index (Phi) is 4.89. The second kappa shape index (κ2) is 6.65. The summed E-state index contributed by atoms with van der Waals surface area (Å²) in [6.45, 7) is 2.82. The third kappa shape index (κ3) is 3.66. The lowest BCUT2D eigenvalue weighted by Gasteiger charge is -2.14. The molecule has 1 saturated heterocycles. The Morgan fingerprint density at radius 1 is 1.50 bits per heavy atom. The van der Waals surface area contributed by atoms with Crippen molar-refractivity contribution in [3.8, 4) is 0 Å². The molecule has 1 aromatic heterocycles. The normalized spacial score (nSPS) is 18.2. The van der Waals surface area contributed by atoms with E-state index in [2.05, 4.69) is 22.4 Å². The van der Waals surface area contributed by atoms with Gasteiger partial charge in [0, 0.05) is 19.5 Å². The molecule has 1 aromatic rings. The van der Waals surface area contributed by atoms with Crippen LogP contribution in [-0.2, 0) is 11.2 Å². The number of carbonyl (C=O) groups excluding carboxylic acids is 1. The lowest BCUT2D eigenvalue weighted by molar-refractivity contribution is -0.141. The Labute approximate surface area is 121 Å². The number of carboxylic acid groups (broad SMARTS) is 1. The maximum absolute atomic E-state index is 12.0. The van der Waals surface area contributed by atoms with Crippen molar-refractivity contribution < 1.29 is 14.7 Å². The molecule has 1 aliphatic rings. The SMILES string of the molecule is CCCCc1nnc(NC(=O)N2CCC(C(=O)O)C2)s1. The van der Waals surface area contributed by atoms with Crippen molar-refractivity contribution in [2.45, 2.75) is 32.6 Å². The number of carbonyl (C=O) groups is 2. The average Bonchev–Trinajstić information content (AvgIpc) is 3.05. The fourth-order valence-electron chi connectivity index (χ4n) is 2.05. The van der Waals surface area contributed by atoms with Gasteiger partial charge in [0.1, 0.15) is 5.01 Å². The third-order valence-electron chi connectivity index (χ3n) is 3.25. The summed E-state index contributed by atoms with van der Waals surface area (Å²) >= 11 is 1.37. The molecule has 2 rings (SSSR count).